The fourth-order valence-electron chi connectivity index (χ4n) is 2.24. The summed E-state index contributed by atoms with van der Waals surface area (Å²) >= 11 is 0. The van der Waals surface area contributed by atoms with E-state index in [2.05, 4.69) is 27.8 Å². The minimum absolute atomic E-state index is 0.141. The van der Waals surface area contributed by atoms with Crippen LogP contribution in [0.2, 0.25) is 0 Å². The Morgan fingerprint density at radius 3 is 3.05 bits per heavy atom. The van der Waals surface area contributed by atoms with Gasteiger partial charge in [0.05, 0.1) is 38.3 Å². The van der Waals surface area contributed by atoms with Crippen molar-refractivity contribution in [1.82, 2.24) is 20.3 Å². The molecule has 1 N–H and O–H groups in total. The number of fused-ring (bicyclic) bond motifs is 1. The molecule has 1 atom stereocenters. The molecule has 2 aromatic rings. The Morgan fingerprint density at radius 1 is 1.40 bits per heavy atom. The Bertz CT molecular complexity index is 553. The Balaban J connectivity index is 1.46. The van der Waals surface area contributed by atoms with E-state index >= 15 is 0 Å². The Morgan fingerprint density at radius 2 is 2.25 bits per heavy atom. The van der Waals surface area contributed by atoms with E-state index in [0.717, 1.165) is 31.1 Å². The molecule has 0 unspecified atom stereocenters. The first-order valence-electron chi connectivity index (χ1n) is 6.68. The first kappa shape index (κ1) is 13.1. The molecule has 1 aliphatic heterocycles. The summed E-state index contributed by atoms with van der Waals surface area (Å²) in [5.41, 5.74) is 2.26. The molecule has 0 amide bonds. The van der Waals surface area contributed by atoms with Crippen molar-refractivity contribution in [2.75, 3.05) is 13.7 Å². The zero-order valence-corrected chi connectivity index (χ0v) is 11.5. The van der Waals surface area contributed by atoms with Gasteiger partial charge >= 0.3 is 0 Å². The minimum Gasteiger partial charge on any atom is -0.497 e. The molecule has 0 aliphatic carbocycles. The highest BCUT2D eigenvalue weighted by molar-refractivity contribution is 5.26. The van der Waals surface area contributed by atoms with Gasteiger partial charge in [-0.15, -0.1) is 5.10 Å². The van der Waals surface area contributed by atoms with Crippen LogP contribution in [0.15, 0.2) is 30.5 Å². The molecule has 2 heterocycles. The summed E-state index contributed by atoms with van der Waals surface area (Å²) < 4.78 is 12.8. The first-order chi connectivity index (χ1) is 9.85. The second-order valence-corrected chi connectivity index (χ2v) is 4.82. The van der Waals surface area contributed by atoms with E-state index in [1.807, 2.05) is 16.8 Å². The second-order valence-electron chi connectivity index (χ2n) is 4.82. The van der Waals surface area contributed by atoms with E-state index in [4.69, 9.17) is 9.47 Å². The molecule has 20 heavy (non-hydrogen) atoms. The summed E-state index contributed by atoms with van der Waals surface area (Å²) in [5.74, 6) is 0.878. The minimum atomic E-state index is 0.141. The molecule has 6 nitrogen and oxygen atoms in total. The maximum Gasteiger partial charge on any atom is 0.118 e. The van der Waals surface area contributed by atoms with Gasteiger partial charge in [0.25, 0.3) is 0 Å². The molecule has 6 heteroatoms. The van der Waals surface area contributed by atoms with Crippen LogP contribution in [0.3, 0.4) is 0 Å². The van der Waals surface area contributed by atoms with Crippen molar-refractivity contribution in [1.29, 1.82) is 0 Å². The van der Waals surface area contributed by atoms with Crippen molar-refractivity contribution in [2.24, 2.45) is 0 Å². The van der Waals surface area contributed by atoms with Gasteiger partial charge in [0.2, 0.25) is 0 Å². The smallest absolute Gasteiger partial charge is 0.118 e. The van der Waals surface area contributed by atoms with Gasteiger partial charge in [-0.25, -0.2) is 4.68 Å². The molecule has 1 aromatic carbocycles. The third-order valence-corrected chi connectivity index (χ3v) is 3.40. The molecule has 0 fully saturated rings. The van der Waals surface area contributed by atoms with Crippen molar-refractivity contribution in [2.45, 2.75) is 25.8 Å². The van der Waals surface area contributed by atoms with Crippen LogP contribution < -0.4 is 10.1 Å². The third-order valence-electron chi connectivity index (χ3n) is 3.40. The molecular formula is C14H18N4O2. The third kappa shape index (κ3) is 2.97. The average Bonchev–Trinajstić information content (AvgIpc) is 2.95. The number of hydrogen-bond acceptors (Lipinski definition) is 5. The molecule has 0 radical (unpaired) electrons. The van der Waals surface area contributed by atoms with Gasteiger partial charge in [0.1, 0.15) is 5.75 Å². The van der Waals surface area contributed by atoms with E-state index in [9.17, 15) is 0 Å². The molecule has 0 saturated heterocycles. The molecule has 0 spiro atoms. The van der Waals surface area contributed by atoms with Crippen molar-refractivity contribution < 1.29 is 9.47 Å². The SMILES string of the molecule is COc1ccc(CNC[C@@H]2Cn3nncc3CO2)cc1. The zero-order valence-electron chi connectivity index (χ0n) is 11.5. The predicted octanol–water partition coefficient (Wildman–Crippen LogP) is 0.975. The number of nitrogens with zero attached hydrogens (tertiary/aromatic N) is 3. The molecule has 1 aliphatic rings. The Kier molecular flexibility index (Phi) is 3.94. The highest BCUT2D eigenvalue weighted by Gasteiger charge is 2.19. The maximum absolute atomic E-state index is 5.75. The summed E-state index contributed by atoms with van der Waals surface area (Å²) in [6, 6.07) is 8.05. The van der Waals surface area contributed by atoms with Gasteiger partial charge in [-0.1, -0.05) is 17.3 Å². The van der Waals surface area contributed by atoms with Gasteiger partial charge in [0.15, 0.2) is 0 Å². The largest absolute Gasteiger partial charge is 0.497 e. The number of aromatic nitrogens is 3. The zero-order chi connectivity index (χ0) is 13.8. The fourth-order valence-corrected chi connectivity index (χ4v) is 2.24. The lowest BCUT2D eigenvalue weighted by Crippen LogP contribution is -2.36. The molecule has 0 bridgehead atoms. The molecule has 0 saturated carbocycles. The van der Waals surface area contributed by atoms with Crippen molar-refractivity contribution in [3.8, 4) is 5.75 Å². The standard InChI is InChI=1S/C14H18N4O2/c1-19-13-4-2-11(3-5-13)6-15-8-14-9-18-12(10-20-14)7-16-17-18/h2-5,7,14-15H,6,8-10H2,1H3/t14-/m1/s1. The number of methoxy groups -OCH3 is 1. The van der Waals surface area contributed by atoms with E-state index in [-0.39, 0.29) is 6.10 Å². The predicted molar refractivity (Wildman–Crippen MR) is 73.3 cm³/mol. The lowest BCUT2D eigenvalue weighted by molar-refractivity contribution is 0.000980. The average molecular weight is 274 g/mol. The van der Waals surface area contributed by atoms with Crippen LogP contribution >= 0.6 is 0 Å². The molecule has 106 valence electrons. The van der Waals surface area contributed by atoms with E-state index in [1.54, 1.807) is 13.3 Å². The summed E-state index contributed by atoms with van der Waals surface area (Å²) in [5, 5.41) is 11.3. The number of nitrogens with one attached hydrogen (secondary N) is 1. The highest BCUT2D eigenvalue weighted by Crippen LogP contribution is 2.12. The van der Waals surface area contributed by atoms with Crippen LogP contribution in [0.1, 0.15) is 11.3 Å². The van der Waals surface area contributed by atoms with Crippen molar-refractivity contribution >= 4 is 0 Å². The lowest BCUT2D eigenvalue weighted by Gasteiger charge is -2.23. The van der Waals surface area contributed by atoms with E-state index in [1.165, 1.54) is 5.56 Å². The first-order valence-corrected chi connectivity index (χ1v) is 6.68. The number of benzene rings is 1. The Hall–Kier alpha value is -1.92. The van der Waals surface area contributed by atoms with Crippen molar-refractivity contribution in [3.63, 3.8) is 0 Å². The quantitative estimate of drug-likeness (QED) is 0.880. The maximum atomic E-state index is 5.75. The van der Waals surface area contributed by atoms with E-state index in [0.29, 0.717) is 6.61 Å². The van der Waals surface area contributed by atoms with Gasteiger partial charge < -0.3 is 14.8 Å². The molecular weight excluding hydrogens is 256 g/mol. The topological polar surface area (TPSA) is 61.2 Å². The van der Waals surface area contributed by atoms with Crippen LogP contribution in [0.5, 0.6) is 5.75 Å². The van der Waals surface area contributed by atoms with Crippen LogP contribution in [-0.2, 0) is 24.4 Å². The van der Waals surface area contributed by atoms with Gasteiger partial charge in [-0.3, -0.25) is 0 Å². The summed E-state index contributed by atoms with van der Waals surface area (Å²) in [6.45, 7) is 2.95. The lowest BCUT2D eigenvalue weighted by atomic mass is 10.2. The number of rotatable bonds is 5. The Labute approximate surface area is 117 Å². The summed E-state index contributed by atoms with van der Waals surface area (Å²) in [7, 11) is 1.67. The second kappa shape index (κ2) is 6.02. The monoisotopic (exact) mass is 274 g/mol. The van der Waals surface area contributed by atoms with Crippen molar-refractivity contribution in [3.05, 3.63) is 41.7 Å². The van der Waals surface area contributed by atoms with Crippen LogP contribution in [0.4, 0.5) is 0 Å². The number of hydrogen-bond donors (Lipinski definition) is 1. The normalized spacial score (nSPS) is 17.8. The van der Waals surface area contributed by atoms with Gasteiger partial charge in [0, 0.05) is 13.1 Å². The van der Waals surface area contributed by atoms with Gasteiger partial charge in [-0.2, -0.15) is 0 Å². The van der Waals surface area contributed by atoms with Crippen LogP contribution in [0.25, 0.3) is 0 Å². The van der Waals surface area contributed by atoms with Crippen LogP contribution in [0, 0.1) is 0 Å². The molecule has 3 rings (SSSR count). The molecule has 1 aromatic heterocycles. The fraction of sp³-hybridized carbons (Fsp3) is 0.429. The number of ether oxygens (including phenoxy) is 2. The van der Waals surface area contributed by atoms with E-state index < -0.39 is 0 Å². The van der Waals surface area contributed by atoms with Gasteiger partial charge in [-0.05, 0) is 17.7 Å². The highest BCUT2D eigenvalue weighted by atomic mass is 16.5. The van der Waals surface area contributed by atoms with Crippen LogP contribution in [-0.4, -0.2) is 34.8 Å². The summed E-state index contributed by atoms with van der Waals surface area (Å²) in [4.78, 5) is 0. The summed E-state index contributed by atoms with van der Waals surface area (Å²) in [6.07, 6.45) is 1.89.